The molecule has 0 aliphatic carbocycles. The highest BCUT2D eigenvalue weighted by Gasteiger charge is 2.36. The number of allylic oxidation sites excluding steroid dienone is 1. The lowest BCUT2D eigenvalue weighted by molar-refractivity contribution is -0.130. The van der Waals surface area contributed by atoms with E-state index in [1.165, 1.54) is 10.6 Å². The summed E-state index contributed by atoms with van der Waals surface area (Å²) < 4.78 is 46.6. The Hall–Kier alpha value is -3.90. The number of pyridine rings is 1. The Morgan fingerprint density at radius 1 is 1.09 bits per heavy atom. The van der Waals surface area contributed by atoms with Gasteiger partial charge in [0.2, 0.25) is 5.91 Å². The predicted molar refractivity (Wildman–Crippen MR) is 171 cm³/mol. The second-order valence-electron chi connectivity index (χ2n) is 11.7. The van der Waals surface area contributed by atoms with E-state index in [1.54, 1.807) is 16.0 Å². The Kier molecular flexibility index (Phi) is 8.76. The zero-order chi connectivity index (χ0) is 33.1. The van der Waals surface area contributed by atoms with Crippen molar-refractivity contribution < 1.29 is 18.0 Å². The van der Waals surface area contributed by atoms with Crippen LogP contribution in [0.25, 0.3) is 22.3 Å². The van der Waals surface area contributed by atoms with Gasteiger partial charge >= 0.3 is 5.69 Å². The van der Waals surface area contributed by atoms with Gasteiger partial charge in [-0.1, -0.05) is 56.6 Å². The van der Waals surface area contributed by atoms with Crippen LogP contribution in [-0.2, 0) is 4.79 Å². The van der Waals surface area contributed by atoms with Crippen molar-refractivity contribution in [2.45, 2.75) is 52.7 Å². The minimum Gasteiger partial charge on any atom is -0.395 e. The molecule has 238 valence electrons. The first-order valence-electron chi connectivity index (χ1n) is 14.4. The van der Waals surface area contributed by atoms with Gasteiger partial charge in [0, 0.05) is 48.6 Å². The number of nitrogens with two attached hydrogens (primary N) is 1. The maximum Gasteiger partial charge on any atom is 0.351 e. The summed E-state index contributed by atoms with van der Waals surface area (Å²) in [6.45, 7) is 13.6. The smallest absolute Gasteiger partial charge is 0.351 e. The van der Waals surface area contributed by atoms with Crippen molar-refractivity contribution in [2.24, 2.45) is 16.8 Å². The number of aliphatic imine (C=N–C) groups is 1. The van der Waals surface area contributed by atoms with Crippen LogP contribution in [0.15, 0.2) is 40.8 Å². The summed E-state index contributed by atoms with van der Waals surface area (Å²) in [7, 11) is 0. The molecule has 4 heterocycles. The number of hydrogen-bond donors (Lipinski definition) is 1. The van der Waals surface area contributed by atoms with Crippen LogP contribution < -0.4 is 16.3 Å². The first-order chi connectivity index (χ1) is 21.2. The van der Waals surface area contributed by atoms with E-state index in [2.05, 4.69) is 21.5 Å². The Balaban J connectivity index is 1.83. The summed E-state index contributed by atoms with van der Waals surface area (Å²) in [5.74, 6) is -4.40. The maximum atomic E-state index is 16.1. The van der Waals surface area contributed by atoms with Gasteiger partial charge in [-0.25, -0.2) is 22.9 Å². The highest BCUT2D eigenvalue weighted by Crippen LogP contribution is 2.43. The first-order valence-corrected chi connectivity index (χ1v) is 15.1. The van der Waals surface area contributed by atoms with Crippen molar-refractivity contribution >= 4 is 57.4 Å². The lowest BCUT2D eigenvalue weighted by Crippen LogP contribution is -2.58. The van der Waals surface area contributed by atoms with Gasteiger partial charge in [-0.2, -0.15) is 4.98 Å². The van der Waals surface area contributed by atoms with E-state index < -0.39 is 56.2 Å². The number of halogens is 5. The number of anilines is 2. The topological polar surface area (TPSA) is 110 Å². The van der Waals surface area contributed by atoms with E-state index in [0.29, 0.717) is 5.71 Å². The van der Waals surface area contributed by atoms with E-state index in [1.807, 2.05) is 40.7 Å². The molecule has 3 aromatic rings. The molecule has 9 nitrogen and oxygen atoms in total. The number of hydrogen-bond acceptors (Lipinski definition) is 7. The molecule has 1 amide bonds. The summed E-state index contributed by atoms with van der Waals surface area (Å²) in [4.78, 5) is 43.6. The molecule has 2 N–H and O–H groups in total. The van der Waals surface area contributed by atoms with Crippen molar-refractivity contribution in [1.29, 1.82) is 0 Å². The van der Waals surface area contributed by atoms with Crippen LogP contribution in [0.4, 0.5) is 24.7 Å². The SMILES string of the molecule is C=CC(=O)N1[C@H](C)CN(c2nc(=O)n(C3C(C(C)C)=NC=C[C@H]3C)c3nc(-c4c(Cl)c(N)c(F)c(F)c4Cl)c(F)cc23)C[C@@H]1C. The van der Waals surface area contributed by atoms with Crippen LogP contribution in [0.5, 0.6) is 0 Å². The zero-order valence-electron chi connectivity index (χ0n) is 25.3. The van der Waals surface area contributed by atoms with E-state index in [4.69, 9.17) is 28.9 Å². The zero-order valence-corrected chi connectivity index (χ0v) is 26.8. The van der Waals surface area contributed by atoms with Crippen molar-refractivity contribution in [3.63, 3.8) is 0 Å². The van der Waals surface area contributed by atoms with Gasteiger partial charge in [0.05, 0.1) is 27.2 Å². The van der Waals surface area contributed by atoms with E-state index >= 15 is 4.39 Å². The number of benzene rings is 1. The number of nitrogens with zero attached hydrogens (tertiary/aromatic N) is 6. The lowest BCUT2D eigenvalue weighted by Gasteiger charge is -2.44. The molecule has 1 saturated heterocycles. The van der Waals surface area contributed by atoms with E-state index in [-0.39, 0.29) is 59.8 Å². The van der Waals surface area contributed by atoms with Crippen LogP contribution in [0.3, 0.4) is 0 Å². The fourth-order valence-electron chi connectivity index (χ4n) is 6.26. The molecule has 0 bridgehead atoms. The molecule has 2 aromatic heterocycles. The molecule has 1 fully saturated rings. The third-order valence-corrected chi connectivity index (χ3v) is 9.05. The van der Waals surface area contributed by atoms with Gasteiger partial charge in [0.1, 0.15) is 23.0 Å². The minimum atomic E-state index is -1.52. The fraction of sp³-hybridized carbons (Fsp3) is 0.387. The second kappa shape index (κ2) is 12.1. The summed E-state index contributed by atoms with van der Waals surface area (Å²) in [5, 5.41) is -1.17. The normalized spacial score (nSPS) is 21.9. The number of fused-ring (bicyclic) bond motifs is 1. The summed E-state index contributed by atoms with van der Waals surface area (Å²) in [6, 6.07) is -0.145. The molecular formula is C31H32Cl2F3N7O2. The Morgan fingerprint density at radius 2 is 1.73 bits per heavy atom. The summed E-state index contributed by atoms with van der Waals surface area (Å²) >= 11 is 12.5. The summed E-state index contributed by atoms with van der Waals surface area (Å²) in [5.41, 5.74) is 3.93. The number of carbonyl (C=O) groups is 1. The van der Waals surface area contributed by atoms with Crippen LogP contribution in [0, 0.1) is 29.3 Å². The van der Waals surface area contributed by atoms with Gasteiger partial charge < -0.3 is 15.5 Å². The minimum absolute atomic E-state index is 0.00208. The van der Waals surface area contributed by atoms with Crippen LogP contribution in [0.1, 0.15) is 40.7 Å². The second-order valence-corrected chi connectivity index (χ2v) is 12.5. The van der Waals surface area contributed by atoms with Crippen molar-refractivity contribution in [1.82, 2.24) is 19.4 Å². The first kappa shape index (κ1) is 32.5. The maximum absolute atomic E-state index is 16.1. The molecule has 0 spiro atoms. The largest absolute Gasteiger partial charge is 0.395 e. The van der Waals surface area contributed by atoms with Crippen molar-refractivity contribution in [3.05, 3.63) is 69.0 Å². The van der Waals surface area contributed by atoms with E-state index in [0.717, 1.165) is 6.07 Å². The van der Waals surface area contributed by atoms with Gasteiger partial charge in [-0.3, -0.25) is 14.4 Å². The molecule has 0 radical (unpaired) electrons. The quantitative estimate of drug-likeness (QED) is 0.151. The van der Waals surface area contributed by atoms with Crippen molar-refractivity contribution in [3.8, 4) is 11.3 Å². The molecule has 5 rings (SSSR count). The number of carbonyl (C=O) groups excluding carboxylic acids is 1. The number of piperazine rings is 1. The van der Waals surface area contributed by atoms with E-state index in [9.17, 15) is 18.4 Å². The fourth-order valence-corrected chi connectivity index (χ4v) is 6.84. The average Bonchev–Trinajstić information content (AvgIpc) is 2.99. The highest BCUT2D eigenvalue weighted by atomic mass is 35.5. The third-order valence-electron chi connectivity index (χ3n) is 8.30. The van der Waals surface area contributed by atoms with Crippen molar-refractivity contribution in [2.75, 3.05) is 23.7 Å². The van der Waals surface area contributed by atoms with Crippen LogP contribution >= 0.6 is 23.2 Å². The molecule has 4 atom stereocenters. The third kappa shape index (κ3) is 5.37. The van der Waals surface area contributed by atoms with Gasteiger partial charge in [-0.05, 0) is 31.9 Å². The molecule has 14 heteroatoms. The van der Waals surface area contributed by atoms with Crippen LogP contribution in [0.2, 0.25) is 10.0 Å². The van der Waals surface area contributed by atoms with Crippen LogP contribution in [-0.4, -0.2) is 56.2 Å². The number of amides is 1. The molecule has 2 aliphatic heterocycles. The Morgan fingerprint density at radius 3 is 2.33 bits per heavy atom. The van der Waals surface area contributed by atoms with Gasteiger partial charge in [0.25, 0.3) is 0 Å². The molecule has 1 aromatic carbocycles. The molecule has 0 saturated carbocycles. The summed E-state index contributed by atoms with van der Waals surface area (Å²) in [6.07, 6.45) is 4.74. The van der Waals surface area contributed by atoms with Gasteiger partial charge in [-0.15, -0.1) is 0 Å². The Bertz CT molecular complexity index is 1820. The highest BCUT2D eigenvalue weighted by molar-refractivity contribution is 6.41. The molecule has 45 heavy (non-hydrogen) atoms. The van der Waals surface area contributed by atoms with Gasteiger partial charge in [0.15, 0.2) is 11.6 Å². The Labute approximate surface area is 267 Å². The molecule has 1 unspecified atom stereocenters. The number of aromatic nitrogens is 3. The predicted octanol–water partition coefficient (Wildman–Crippen LogP) is 6.18. The monoisotopic (exact) mass is 661 g/mol. The molecular weight excluding hydrogens is 630 g/mol. The number of nitrogen functional groups attached to an aromatic ring is 1. The average molecular weight is 663 g/mol. The molecule has 2 aliphatic rings. The number of rotatable bonds is 5. The standard InChI is InChI=1S/C31H32Cl2F3N7O2/c1-7-19(44)42-15(5)11-41(12-16(42)6)29-17-10-18(34)27(20-21(32)23(35)24(36)25(37)22(20)33)39-30(17)43(31(45)40-29)28-14(4)8-9-38-26(28)13(2)3/h7-10,13-16,28H,1,11-12,37H2,2-6H3/t14-,15-,16+,28?/m1/s1. The lowest BCUT2D eigenvalue weighted by atomic mass is 9.88.